The standard InChI is InChI=1S/C12H13NO2/c1-4-15-12-6-10(9(3)14)5-8(2)11(12)7-13/h5-6H,4H2,1-3H3. The molecule has 0 aliphatic rings. The van der Waals surface area contributed by atoms with Crippen LogP contribution in [0.4, 0.5) is 0 Å². The number of rotatable bonds is 3. The van der Waals surface area contributed by atoms with Gasteiger partial charge >= 0.3 is 0 Å². The summed E-state index contributed by atoms with van der Waals surface area (Å²) in [6, 6.07) is 5.41. The van der Waals surface area contributed by atoms with Crippen molar-refractivity contribution in [2.24, 2.45) is 0 Å². The van der Waals surface area contributed by atoms with Gasteiger partial charge in [0.15, 0.2) is 5.78 Å². The maximum atomic E-state index is 11.2. The number of ether oxygens (including phenoxy) is 1. The number of Topliss-reactive ketones (excluding diaryl/α,β-unsaturated/α-hetero) is 1. The third-order valence-electron chi connectivity index (χ3n) is 2.12. The van der Waals surface area contributed by atoms with Crippen LogP contribution in [-0.2, 0) is 0 Å². The lowest BCUT2D eigenvalue weighted by Gasteiger charge is -2.09. The van der Waals surface area contributed by atoms with E-state index < -0.39 is 0 Å². The second-order valence-corrected chi connectivity index (χ2v) is 3.27. The predicted molar refractivity (Wildman–Crippen MR) is 57.1 cm³/mol. The molecule has 0 N–H and O–H groups in total. The number of nitrogens with zero attached hydrogens (tertiary/aromatic N) is 1. The van der Waals surface area contributed by atoms with E-state index in [9.17, 15) is 4.79 Å². The third-order valence-corrected chi connectivity index (χ3v) is 2.12. The molecule has 0 bridgehead atoms. The maximum absolute atomic E-state index is 11.2. The highest BCUT2D eigenvalue weighted by atomic mass is 16.5. The van der Waals surface area contributed by atoms with E-state index in [1.165, 1.54) is 6.92 Å². The Kier molecular flexibility index (Phi) is 3.46. The van der Waals surface area contributed by atoms with E-state index in [2.05, 4.69) is 6.07 Å². The van der Waals surface area contributed by atoms with Crippen molar-refractivity contribution in [2.75, 3.05) is 6.61 Å². The van der Waals surface area contributed by atoms with Gasteiger partial charge in [0.1, 0.15) is 11.8 Å². The summed E-state index contributed by atoms with van der Waals surface area (Å²) in [5, 5.41) is 8.94. The summed E-state index contributed by atoms with van der Waals surface area (Å²) in [5.74, 6) is 0.466. The molecule has 3 heteroatoms. The number of carbonyl (C=O) groups excluding carboxylic acids is 1. The quantitative estimate of drug-likeness (QED) is 0.709. The smallest absolute Gasteiger partial charge is 0.159 e. The van der Waals surface area contributed by atoms with Gasteiger partial charge in [-0.15, -0.1) is 0 Å². The molecule has 1 aromatic carbocycles. The molecule has 0 aromatic heterocycles. The Hall–Kier alpha value is -1.82. The van der Waals surface area contributed by atoms with Crippen LogP contribution in [0.5, 0.6) is 5.75 Å². The summed E-state index contributed by atoms with van der Waals surface area (Å²) < 4.78 is 5.32. The van der Waals surface area contributed by atoms with E-state index in [-0.39, 0.29) is 5.78 Å². The third kappa shape index (κ3) is 2.35. The molecule has 0 radical (unpaired) electrons. The number of nitriles is 1. The zero-order chi connectivity index (χ0) is 11.4. The van der Waals surface area contributed by atoms with Crippen molar-refractivity contribution in [2.45, 2.75) is 20.8 Å². The molecule has 0 unspecified atom stereocenters. The first kappa shape index (κ1) is 11.3. The zero-order valence-corrected chi connectivity index (χ0v) is 9.13. The highest BCUT2D eigenvalue weighted by Gasteiger charge is 2.10. The van der Waals surface area contributed by atoms with Crippen LogP contribution in [0.15, 0.2) is 12.1 Å². The molecule has 0 aliphatic heterocycles. The van der Waals surface area contributed by atoms with Crippen LogP contribution in [0.3, 0.4) is 0 Å². The predicted octanol–water partition coefficient (Wildman–Crippen LogP) is 2.47. The van der Waals surface area contributed by atoms with E-state index in [1.54, 1.807) is 19.1 Å². The molecular formula is C12H13NO2. The number of hydrogen-bond donors (Lipinski definition) is 0. The SMILES string of the molecule is CCOc1cc(C(C)=O)cc(C)c1C#N. The minimum atomic E-state index is -0.0245. The van der Waals surface area contributed by atoms with Gasteiger partial charge in [0.25, 0.3) is 0 Å². The lowest BCUT2D eigenvalue weighted by atomic mass is 10.0. The molecule has 3 nitrogen and oxygen atoms in total. The molecule has 0 spiro atoms. The van der Waals surface area contributed by atoms with Crippen LogP contribution >= 0.6 is 0 Å². The second kappa shape index (κ2) is 4.61. The maximum Gasteiger partial charge on any atom is 0.159 e. The highest BCUT2D eigenvalue weighted by Crippen LogP contribution is 2.24. The largest absolute Gasteiger partial charge is 0.492 e. The van der Waals surface area contributed by atoms with E-state index in [4.69, 9.17) is 10.00 Å². The van der Waals surface area contributed by atoms with E-state index >= 15 is 0 Å². The summed E-state index contributed by atoms with van der Waals surface area (Å²) in [6.45, 7) is 5.62. The Labute approximate surface area is 89.3 Å². The molecule has 0 atom stereocenters. The van der Waals surface area contributed by atoms with Crippen molar-refractivity contribution >= 4 is 5.78 Å². The van der Waals surface area contributed by atoms with Crippen molar-refractivity contribution in [1.82, 2.24) is 0 Å². The lowest BCUT2D eigenvalue weighted by molar-refractivity contribution is 0.101. The molecule has 0 aliphatic carbocycles. The monoisotopic (exact) mass is 203 g/mol. The molecule has 78 valence electrons. The Morgan fingerprint density at radius 2 is 2.20 bits per heavy atom. The molecule has 0 fully saturated rings. The summed E-state index contributed by atoms with van der Waals surface area (Å²) in [6.07, 6.45) is 0. The van der Waals surface area contributed by atoms with Crippen LogP contribution < -0.4 is 4.74 Å². The highest BCUT2D eigenvalue weighted by molar-refractivity contribution is 5.95. The summed E-state index contributed by atoms with van der Waals surface area (Å²) in [4.78, 5) is 11.2. The normalized spacial score (nSPS) is 9.47. The summed E-state index contributed by atoms with van der Waals surface area (Å²) in [7, 11) is 0. The molecular weight excluding hydrogens is 190 g/mol. The van der Waals surface area contributed by atoms with Gasteiger partial charge in [-0.25, -0.2) is 0 Å². The van der Waals surface area contributed by atoms with Crippen LogP contribution in [-0.4, -0.2) is 12.4 Å². The average Bonchev–Trinajstić information content (AvgIpc) is 2.17. The summed E-state index contributed by atoms with van der Waals surface area (Å²) >= 11 is 0. The molecule has 1 rings (SSSR count). The molecule has 1 aromatic rings. The van der Waals surface area contributed by atoms with Crippen molar-refractivity contribution < 1.29 is 9.53 Å². The van der Waals surface area contributed by atoms with Gasteiger partial charge in [0, 0.05) is 5.56 Å². The van der Waals surface area contributed by atoms with Gasteiger partial charge in [-0.2, -0.15) is 5.26 Å². The zero-order valence-electron chi connectivity index (χ0n) is 9.13. The minimum absolute atomic E-state index is 0.0245. The topological polar surface area (TPSA) is 50.1 Å². The molecule has 0 saturated carbocycles. The second-order valence-electron chi connectivity index (χ2n) is 3.27. The van der Waals surface area contributed by atoms with Crippen LogP contribution in [0.25, 0.3) is 0 Å². The van der Waals surface area contributed by atoms with Gasteiger partial charge in [0.05, 0.1) is 12.2 Å². The fourth-order valence-electron chi connectivity index (χ4n) is 1.37. The number of benzene rings is 1. The summed E-state index contributed by atoms with van der Waals surface area (Å²) in [5.41, 5.74) is 1.85. The van der Waals surface area contributed by atoms with Gasteiger partial charge < -0.3 is 4.74 Å². The van der Waals surface area contributed by atoms with Crippen molar-refractivity contribution in [3.63, 3.8) is 0 Å². The number of ketones is 1. The average molecular weight is 203 g/mol. The van der Waals surface area contributed by atoms with Gasteiger partial charge in [-0.05, 0) is 38.5 Å². The number of aryl methyl sites for hydroxylation is 1. The van der Waals surface area contributed by atoms with Crippen LogP contribution in [0, 0.1) is 18.3 Å². The molecule has 0 heterocycles. The Morgan fingerprint density at radius 3 is 2.67 bits per heavy atom. The van der Waals surface area contributed by atoms with Crippen LogP contribution in [0.2, 0.25) is 0 Å². The fraction of sp³-hybridized carbons (Fsp3) is 0.333. The first-order chi connectivity index (χ1) is 7.10. The lowest BCUT2D eigenvalue weighted by Crippen LogP contribution is -2.00. The number of carbonyl (C=O) groups is 1. The van der Waals surface area contributed by atoms with E-state index in [0.717, 1.165) is 5.56 Å². The van der Waals surface area contributed by atoms with Crippen molar-refractivity contribution in [1.29, 1.82) is 5.26 Å². The van der Waals surface area contributed by atoms with Crippen LogP contribution in [0.1, 0.15) is 35.3 Å². The Balaban J connectivity index is 3.33. The van der Waals surface area contributed by atoms with Crippen molar-refractivity contribution in [3.05, 3.63) is 28.8 Å². The van der Waals surface area contributed by atoms with Crippen molar-refractivity contribution in [3.8, 4) is 11.8 Å². The van der Waals surface area contributed by atoms with Gasteiger partial charge in [-0.1, -0.05) is 0 Å². The van der Waals surface area contributed by atoms with Gasteiger partial charge in [0.2, 0.25) is 0 Å². The molecule has 15 heavy (non-hydrogen) atoms. The number of hydrogen-bond acceptors (Lipinski definition) is 3. The van der Waals surface area contributed by atoms with E-state index in [0.29, 0.717) is 23.5 Å². The van der Waals surface area contributed by atoms with E-state index in [1.807, 2.05) is 6.92 Å². The Morgan fingerprint density at radius 1 is 1.53 bits per heavy atom. The molecule has 0 saturated heterocycles. The molecule has 0 amide bonds. The first-order valence-corrected chi connectivity index (χ1v) is 4.78. The first-order valence-electron chi connectivity index (χ1n) is 4.78. The minimum Gasteiger partial charge on any atom is -0.492 e. The Bertz CT molecular complexity index is 430. The fourth-order valence-corrected chi connectivity index (χ4v) is 1.37. The van der Waals surface area contributed by atoms with Gasteiger partial charge in [-0.3, -0.25) is 4.79 Å².